The average molecular weight is 540 g/mol. The summed E-state index contributed by atoms with van der Waals surface area (Å²) in [5.41, 5.74) is 4.03. The lowest BCUT2D eigenvalue weighted by atomic mass is 9.91. The molecule has 1 saturated heterocycles. The number of allylic oxidation sites excluding steroid dienone is 1. The number of fused-ring (bicyclic) bond motifs is 1. The summed E-state index contributed by atoms with van der Waals surface area (Å²) in [7, 11) is 0. The average Bonchev–Trinajstić information content (AvgIpc) is 3.29. The van der Waals surface area contributed by atoms with E-state index in [0.29, 0.717) is 36.9 Å². The first-order valence-electron chi connectivity index (χ1n) is 13.4. The molecule has 9 heteroatoms. The zero-order valence-electron chi connectivity index (χ0n) is 22.9. The number of piperidine rings is 1. The topological polar surface area (TPSA) is 88.5 Å². The number of amidine groups is 1. The van der Waals surface area contributed by atoms with Crippen LogP contribution in [0.2, 0.25) is 0 Å². The number of rotatable bonds is 8. The molecule has 1 amide bonds. The smallest absolute Gasteiger partial charge is 0.338 e. The third-order valence-electron chi connectivity index (χ3n) is 7.14. The maximum absolute atomic E-state index is 13.5. The highest BCUT2D eigenvalue weighted by Gasteiger charge is 2.41. The Morgan fingerprint density at radius 1 is 1.11 bits per heavy atom. The van der Waals surface area contributed by atoms with Crippen LogP contribution in [0.3, 0.4) is 0 Å². The van der Waals surface area contributed by atoms with E-state index >= 15 is 0 Å². The van der Waals surface area contributed by atoms with E-state index in [2.05, 4.69) is 26.0 Å². The molecule has 0 N–H and O–H groups in total. The van der Waals surface area contributed by atoms with Crippen molar-refractivity contribution in [3.8, 4) is 0 Å². The van der Waals surface area contributed by atoms with Crippen molar-refractivity contribution in [3.63, 3.8) is 0 Å². The molecule has 0 bridgehead atoms. The van der Waals surface area contributed by atoms with Crippen LogP contribution in [0, 0.1) is 5.92 Å². The highest BCUT2D eigenvalue weighted by Crippen LogP contribution is 2.45. The van der Waals surface area contributed by atoms with Gasteiger partial charge in [-0.1, -0.05) is 49.9 Å². The highest BCUT2D eigenvalue weighted by molar-refractivity contribution is 8.16. The van der Waals surface area contributed by atoms with Crippen LogP contribution in [-0.4, -0.2) is 59.1 Å². The van der Waals surface area contributed by atoms with E-state index in [1.54, 1.807) is 18.7 Å². The first-order chi connectivity index (χ1) is 18.2. The summed E-state index contributed by atoms with van der Waals surface area (Å²) >= 11 is 1.46. The van der Waals surface area contributed by atoms with Crippen molar-refractivity contribution in [1.29, 1.82) is 0 Å². The van der Waals surface area contributed by atoms with Gasteiger partial charge in [-0.15, -0.1) is 0 Å². The van der Waals surface area contributed by atoms with E-state index in [-0.39, 0.29) is 30.8 Å². The quantitative estimate of drug-likeness (QED) is 0.423. The highest BCUT2D eigenvalue weighted by atomic mass is 32.2. The van der Waals surface area contributed by atoms with Crippen molar-refractivity contribution in [2.24, 2.45) is 10.9 Å². The fourth-order valence-electron chi connectivity index (χ4n) is 5.14. The van der Waals surface area contributed by atoms with Crippen LogP contribution in [0.15, 0.2) is 51.6 Å². The van der Waals surface area contributed by atoms with E-state index in [1.807, 2.05) is 29.4 Å². The molecule has 38 heavy (non-hydrogen) atoms. The van der Waals surface area contributed by atoms with E-state index in [9.17, 15) is 14.4 Å². The molecule has 4 rings (SSSR count). The minimum Gasteiger partial charge on any atom is -0.466 e. The molecule has 2 atom stereocenters. The summed E-state index contributed by atoms with van der Waals surface area (Å²) in [6, 6.07) is 7.82. The van der Waals surface area contributed by atoms with Crippen molar-refractivity contribution in [1.82, 2.24) is 9.80 Å². The standard InChI is InChI=1S/C29H37N3O5S/c1-6-36-27(34)22-9-8-14-31(16-22)24(33)15-23-17-38-29-30-19(5)25(28(35)37-7-2)26(32(23)29)21-12-10-20(11-13-21)18(3)4/h10-13,17-18,22,26H,6-9,14-16H2,1-5H3/t22-,26+/m1/s1. The number of benzene rings is 1. The van der Waals surface area contributed by atoms with Crippen LogP contribution in [0.4, 0.5) is 0 Å². The van der Waals surface area contributed by atoms with Crippen molar-refractivity contribution in [2.75, 3.05) is 26.3 Å². The summed E-state index contributed by atoms with van der Waals surface area (Å²) < 4.78 is 10.6. The Labute approximate surface area is 229 Å². The maximum atomic E-state index is 13.5. The van der Waals surface area contributed by atoms with Crippen molar-refractivity contribution in [3.05, 3.63) is 57.8 Å². The lowest BCUT2D eigenvalue weighted by molar-refractivity contribution is -0.151. The molecule has 0 aliphatic carbocycles. The first-order valence-corrected chi connectivity index (χ1v) is 14.3. The van der Waals surface area contributed by atoms with Crippen LogP contribution in [0.1, 0.15) is 77.0 Å². The molecule has 0 unspecified atom stereocenters. The number of ether oxygens (including phenoxy) is 2. The van der Waals surface area contributed by atoms with E-state index in [0.717, 1.165) is 29.3 Å². The number of carbonyl (C=O) groups excluding carboxylic acids is 3. The van der Waals surface area contributed by atoms with Gasteiger partial charge >= 0.3 is 11.9 Å². The van der Waals surface area contributed by atoms with Crippen LogP contribution >= 0.6 is 11.8 Å². The van der Waals surface area contributed by atoms with Gasteiger partial charge in [-0.2, -0.15) is 0 Å². The molecule has 1 fully saturated rings. The van der Waals surface area contributed by atoms with Gasteiger partial charge in [-0.25, -0.2) is 9.79 Å². The van der Waals surface area contributed by atoms with Crippen LogP contribution in [-0.2, 0) is 23.9 Å². The fraction of sp³-hybridized carbons (Fsp3) is 0.517. The van der Waals surface area contributed by atoms with Gasteiger partial charge in [-0.3, -0.25) is 9.59 Å². The fourth-order valence-corrected chi connectivity index (χ4v) is 6.11. The van der Waals surface area contributed by atoms with Gasteiger partial charge in [0.25, 0.3) is 0 Å². The molecule has 0 aromatic heterocycles. The van der Waals surface area contributed by atoms with Crippen molar-refractivity contribution >= 4 is 34.8 Å². The van der Waals surface area contributed by atoms with Gasteiger partial charge in [0, 0.05) is 18.8 Å². The normalized spacial score (nSPS) is 21.2. The number of hydrogen-bond donors (Lipinski definition) is 0. The number of likely N-dealkylation sites (tertiary alicyclic amines) is 1. The molecule has 1 aromatic carbocycles. The molecule has 3 aliphatic rings. The Hall–Kier alpha value is -3.07. The van der Waals surface area contributed by atoms with Gasteiger partial charge in [0.15, 0.2) is 5.17 Å². The molecule has 1 aromatic rings. The van der Waals surface area contributed by atoms with E-state index < -0.39 is 12.0 Å². The van der Waals surface area contributed by atoms with Crippen LogP contribution in [0.25, 0.3) is 0 Å². The maximum Gasteiger partial charge on any atom is 0.338 e. The van der Waals surface area contributed by atoms with Gasteiger partial charge in [0.2, 0.25) is 5.91 Å². The van der Waals surface area contributed by atoms with Gasteiger partial charge in [0.05, 0.1) is 42.9 Å². The molecule has 8 nitrogen and oxygen atoms in total. The molecular formula is C29H37N3O5S. The summed E-state index contributed by atoms with van der Waals surface area (Å²) in [5, 5.41) is 2.68. The molecular weight excluding hydrogens is 502 g/mol. The Balaban J connectivity index is 1.61. The van der Waals surface area contributed by atoms with Gasteiger partial charge in [-0.05, 0) is 56.1 Å². The predicted molar refractivity (Wildman–Crippen MR) is 148 cm³/mol. The number of thioether (sulfide) groups is 1. The summed E-state index contributed by atoms with van der Waals surface area (Å²) in [6.07, 6.45) is 1.64. The largest absolute Gasteiger partial charge is 0.466 e. The lowest BCUT2D eigenvalue weighted by Crippen LogP contribution is -2.44. The van der Waals surface area contributed by atoms with Gasteiger partial charge < -0.3 is 19.3 Å². The Morgan fingerprint density at radius 2 is 1.82 bits per heavy atom. The SMILES string of the molecule is CCOC(=O)C1=C(C)N=C2SC=C(CC(=O)N3CCC[C@@H](C(=O)OCC)C3)N2[C@H]1c1ccc(C(C)C)cc1. The van der Waals surface area contributed by atoms with Crippen molar-refractivity contribution in [2.45, 2.75) is 65.8 Å². The van der Waals surface area contributed by atoms with Crippen LogP contribution in [0.5, 0.6) is 0 Å². The minimum atomic E-state index is -0.453. The summed E-state index contributed by atoms with van der Waals surface area (Å²) in [4.78, 5) is 47.4. The van der Waals surface area contributed by atoms with E-state index in [4.69, 9.17) is 14.5 Å². The van der Waals surface area contributed by atoms with E-state index in [1.165, 1.54) is 17.3 Å². The number of carbonyl (C=O) groups is 3. The molecule has 0 radical (unpaired) electrons. The Morgan fingerprint density at radius 3 is 2.47 bits per heavy atom. The Bertz CT molecular complexity index is 1170. The number of esters is 2. The first kappa shape index (κ1) is 28.0. The second-order valence-corrected chi connectivity index (χ2v) is 10.9. The third kappa shape index (κ3) is 5.82. The number of amides is 1. The summed E-state index contributed by atoms with van der Waals surface area (Å²) in [5.74, 6) is -0.602. The number of nitrogens with zero attached hydrogens (tertiary/aromatic N) is 3. The minimum absolute atomic E-state index is 0.0510. The molecule has 0 spiro atoms. The zero-order chi connectivity index (χ0) is 27.4. The number of hydrogen-bond acceptors (Lipinski definition) is 8. The predicted octanol–water partition coefficient (Wildman–Crippen LogP) is 5.14. The van der Waals surface area contributed by atoms with Crippen molar-refractivity contribution < 1.29 is 23.9 Å². The lowest BCUT2D eigenvalue weighted by Gasteiger charge is -2.37. The summed E-state index contributed by atoms with van der Waals surface area (Å²) in [6.45, 7) is 11.3. The third-order valence-corrected chi connectivity index (χ3v) is 8.03. The van der Waals surface area contributed by atoms with Crippen LogP contribution < -0.4 is 0 Å². The molecule has 3 heterocycles. The second-order valence-electron chi connectivity index (χ2n) is 10.0. The molecule has 0 saturated carbocycles. The Kier molecular flexibility index (Phi) is 8.97. The molecule has 204 valence electrons. The number of aliphatic imine (C=N–C) groups is 1. The van der Waals surface area contributed by atoms with Gasteiger partial charge in [0.1, 0.15) is 0 Å². The second kappa shape index (κ2) is 12.2. The molecule has 3 aliphatic heterocycles. The monoisotopic (exact) mass is 539 g/mol. The zero-order valence-corrected chi connectivity index (χ0v) is 23.7.